The van der Waals surface area contributed by atoms with Crippen LogP contribution in [0.5, 0.6) is 0 Å². The standard InChI is InChI=1S/C16H13ClN2O3/c17-11-5-7-12(8-6-11)18-16(22)19-13-4-2-1-3-10(13)9-14(19)15(20)21/h1-8,14H,9H2,(H,18,22)(H,20,21). The van der Waals surface area contributed by atoms with Crippen LogP contribution in [0.3, 0.4) is 0 Å². The van der Waals surface area contributed by atoms with Gasteiger partial charge in [0.25, 0.3) is 0 Å². The van der Waals surface area contributed by atoms with Gasteiger partial charge in [0.1, 0.15) is 6.04 Å². The van der Waals surface area contributed by atoms with Crippen LogP contribution < -0.4 is 10.2 Å². The number of urea groups is 1. The fourth-order valence-corrected chi connectivity index (χ4v) is 2.68. The fourth-order valence-electron chi connectivity index (χ4n) is 2.55. The lowest BCUT2D eigenvalue weighted by molar-refractivity contribution is -0.138. The van der Waals surface area contributed by atoms with Gasteiger partial charge in [-0.1, -0.05) is 29.8 Å². The average Bonchev–Trinajstić information content (AvgIpc) is 2.89. The van der Waals surface area contributed by atoms with Crippen molar-refractivity contribution in [1.29, 1.82) is 0 Å². The molecule has 0 bridgehead atoms. The quantitative estimate of drug-likeness (QED) is 0.892. The number of carbonyl (C=O) groups excluding carboxylic acids is 1. The van der Waals surface area contributed by atoms with E-state index in [0.29, 0.717) is 22.8 Å². The minimum absolute atomic E-state index is 0.305. The monoisotopic (exact) mass is 316 g/mol. The van der Waals surface area contributed by atoms with Crippen molar-refractivity contribution >= 4 is 35.0 Å². The Labute approximate surface area is 132 Å². The van der Waals surface area contributed by atoms with Gasteiger partial charge in [0, 0.05) is 22.8 Å². The maximum absolute atomic E-state index is 12.5. The summed E-state index contributed by atoms with van der Waals surface area (Å²) in [4.78, 5) is 25.2. The number of hydrogen-bond acceptors (Lipinski definition) is 2. The predicted molar refractivity (Wildman–Crippen MR) is 84.5 cm³/mol. The molecule has 1 aliphatic heterocycles. The van der Waals surface area contributed by atoms with Gasteiger partial charge in [0.2, 0.25) is 0 Å². The number of halogens is 1. The zero-order valence-corrected chi connectivity index (χ0v) is 12.2. The predicted octanol–water partition coefficient (Wildman–Crippen LogP) is 3.39. The van der Waals surface area contributed by atoms with Crippen LogP contribution in [0.25, 0.3) is 0 Å². The molecule has 1 aliphatic rings. The van der Waals surface area contributed by atoms with Crippen LogP contribution in [0, 0.1) is 0 Å². The molecule has 0 saturated heterocycles. The van der Waals surface area contributed by atoms with Gasteiger partial charge in [-0.3, -0.25) is 4.90 Å². The van der Waals surface area contributed by atoms with E-state index >= 15 is 0 Å². The first-order chi connectivity index (χ1) is 10.6. The van der Waals surface area contributed by atoms with E-state index in [1.807, 2.05) is 12.1 Å². The maximum atomic E-state index is 12.5. The highest BCUT2D eigenvalue weighted by molar-refractivity contribution is 6.30. The second-order valence-electron chi connectivity index (χ2n) is 4.99. The molecule has 22 heavy (non-hydrogen) atoms. The summed E-state index contributed by atoms with van der Waals surface area (Å²) in [6, 6.07) is 12.5. The molecule has 1 heterocycles. The number of anilines is 2. The summed E-state index contributed by atoms with van der Waals surface area (Å²) < 4.78 is 0. The third-order valence-electron chi connectivity index (χ3n) is 3.58. The Balaban J connectivity index is 1.88. The van der Waals surface area contributed by atoms with Gasteiger partial charge in [0.15, 0.2) is 0 Å². The second kappa shape index (κ2) is 5.69. The molecule has 5 nitrogen and oxygen atoms in total. The molecule has 2 N–H and O–H groups in total. The van der Waals surface area contributed by atoms with Crippen molar-refractivity contribution < 1.29 is 14.7 Å². The Bertz CT molecular complexity index is 730. The largest absolute Gasteiger partial charge is 0.480 e. The lowest BCUT2D eigenvalue weighted by Gasteiger charge is -2.23. The van der Waals surface area contributed by atoms with E-state index in [9.17, 15) is 14.7 Å². The topological polar surface area (TPSA) is 69.6 Å². The van der Waals surface area contributed by atoms with Gasteiger partial charge in [-0.15, -0.1) is 0 Å². The minimum atomic E-state index is -1.03. The Hall–Kier alpha value is -2.53. The number of aliphatic carboxylic acids is 1. The third kappa shape index (κ3) is 2.63. The molecule has 112 valence electrons. The van der Waals surface area contributed by atoms with Gasteiger partial charge in [-0.05, 0) is 35.9 Å². The summed E-state index contributed by atoms with van der Waals surface area (Å²) in [7, 11) is 0. The molecule has 0 aromatic heterocycles. The molecule has 2 aromatic carbocycles. The molecule has 0 radical (unpaired) electrons. The fraction of sp³-hybridized carbons (Fsp3) is 0.125. The summed E-state index contributed by atoms with van der Waals surface area (Å²) >= 11 is 5.81. The van der Waals surface area contributed by atoms with E-state index < -0.39 is 18.0 Å². The second-order valence-corrected chi connectivity index (χ2v) is 5.43. The number of carboxylic acid groups (broad SMARTS) is 1. The van der Waals surface area contributed by atoms with Crippen LogP contribution in [-0.2, 0) is 11.2 Å². The van der Waals surface area contributed by atoms with Gasteiger partial charge in [-0.2, -0.15) is 0 Å². The highest BCUT2D eigenvalue weighted by Crippen LogP contribution is 2.32. The zero-order valence-electron chi connectivity index (χ0n) is 11.5. The number of para-hydroxylation sites is 1. The van der Waals surface area contributed by atoms with Gasteiger partial charge in [-0.25, -0.2) is 9.59 Å². The number of nitrogens with one attached hydrogen (secondary N) is 1. The molecule has 2 amide bonds. The van der Waals surface area contributed by atoms with Crippen LogP contribution >= 0.6 is 11.6 Å². The van der Waals surface area contributed by atoms with Crippen LogP contribution in [0.15, 0.2) is 48.5 Å². The smallest absolute Gasteiger partial charge is 0.327 e. The highest BCUT2D eigenvalue weighted by Gasteiger charge is 2.38. The van der Waals surface area contributed by atoms with Crippen molar-refractivity contribution in [2.24, 2.45) is 0 Å². The van der Waals surface area contributed by atoms with Crippen LogP contribution in [0.1, 0.15) is 5.56 Å². The number of carbonyl (C=O) groups is 2. The maximum Gasteiger partial charge on any atom is 0.327 e. The molecular weight excluding hydrogens is 304 g/mol. The van der Waals surface area contributed by atoms with Crippen molar-refractivity contribution in [2.45, 2.75) is 12.5 Å². The van der Waals surface area contributed by atoms with Gasteiger partial charge >= 0.3 is 12.0 Å². The Morgan fingerprint density at radius 3 is 2.50 bits per heavy atom. The van der Waals surface area contributed by atoms with Gasteiger partial charge in [0.05, 0.1) is 0 Å². The molecule has 6 heteroatoms. The molecule has 3 rings (SSSR count). The number of carboxylic acids is 1. The number of fused-ring (bicyclic) bond motifs is 1. The molecule has 1 unspecified atom stereocenters. The van der Waals surface area contributed by atoms with Crippen molar-refractivity contribution in [2.75, 3.05) is 10.2 Å². The normalized spacial score (nSPS) is 16.2. The van der Waals surface area contributed by atoms with E-state index in [1.165, 1.54) is 4.90 Å². The molecule has 0 saturated carbocycles. The van der Waals surface area contributed by atoms with Crippen LogP contribution in [-0.4, -0.2) is 23.1 Å². The summed E-state index contributed by atoms with van der Waals surface area (Å²) in [6.07, 6.45) is 0.305. The summed E-state index contributed by atoms with van der Waals surface area (Å²) in [5, 5.41) is 12.6. The molecule has 1 atom stereocenters. The van der Waals surface area contributed by atoms with Gasteiger partial charge < -0.3 is 10.4 Å². The lowest BCUT2D eigenvalue weighted by Crippen LogP contribution is -2.45. The highest BCUT2D eigenvalue weighted by atomic mass is 35.5. The molecule has 0 aliphatic carbocycles. The summed E-state index contributed by atoms with van der Waals surface area (Å²) in [5.41, 5.74) is 2.03. The van der Waals surface area contributed by atoms with Crippen LogP contribution in [0.4, 0.5) is 16.2 Å². The number of nitrogens with zero attached hydrogens (tertiary/aromatic N) is 1. The van der Waals surface area contributed by atoms with Crippen molar-refractivity contribution in [3.63, 3.8) is 0 Å². The van der Waals surface area contributed by atoms with Crippen molar-refractivity contribution in [3.05, 3.63) is 59.1 Å². The van der Waals surface area contributed by atoms with Crippen molar-refractivity contribution in [3.8, 4) is 0 Å². The third-order valence-corrected chi connectivity index (χ3v) is 3.83. The van der Waals surface area contributed by atoms with E-state index in [2.05, 4.69) is 5.32 Å². The molecule has 0 fully saturated rings. The number of benzene rings is 2. The van der Waals surface area contributed by atoms with E-state index in [-0.39, 0.29) is 0 Å². The molecule has 0 spiro atoms. The zero-order chi connectivity index (χ0) is 15.7. The summed E-state index contributed by atoms with van der Waals surface area (Å²) in [6.45, 7) is 0. The van der Waals surface area contributed by atoms with E-state index in [1.54, 1.807) is 36.4 Å². The van der Waals surface area contributed by atoms with Crippen LogP contribution in [0.2, 0.25) is 5.02 Å². The Kier molecular flexibility index (Phi) is 3.73. The average molecular weight is 317 g/mol. The molecular formula is C16H13ClN2O3. The minimum Gasteiger partial charge on any atom is -0.480 e. The Morgan fingerprint density at radius 2 is 1.82 bits per heavy atom. The van der Waals surface area contributed by atoms with E-state index in [4.69, 9.17) is 11.6 Å². The van der Waals surface area contributed by atoms with E-state index in [0.717, 1.165) is 5.56 Å². The molecule has 2 aromatic rings. The summed E-state index contributed by atoms with van der Waals surface area (Å²) in [5.74, 6) is -1.03. The Morgan fingerprint density at radius 1 is 1.14 bits per heavy atom. The number of rotatable bonds is 2. The van der Waals surface area contributed by atoms with Crippen molar-refractivity contribution in [1.82, 2.24) is 0 Å². The number of hydrogen-bond donors (Lipinski definition) is 2. The first-order valence-electron chi connectivity index (χ1n) is 6.73. The SMILES string of the molecule is O=C(O)C1Cc2ccccc2N1C(=O)Nc1ccc(Cl)cc1. The lowest BCUT2D eigenvalue weighted by atomic mass is 10.1. The number of amides is 2. The first kappa shape index (κ1) is 14.4. The first-order valence-corrected chi connectivity index (χ1v) is 7.10.